The SMILES string of the molecule is COc1ccc(-c2nc(SCC(=O)Nc3cc(C(C)(C)C)nn3C)n[nH]2)c(OC)c1. The maximum atomic E-state index is 12.4. The number of H-pyrrole nitrogens is 1. The highest BCUT2D eigenvalue weighted by atomic mass is 32.2. The van der Waals surface area contributed by atoms with E-state index in [9.17, 15) is 4.79 Å². The quantitative estimate of drug-likeness (QED) is 0.554. The lowest BCUT2D eigenvalue weighted by molar-refractivity contribution is -0.113. The van der Waals surface area contributed by atoms with E-state index in [1.54, 1.807) is 25.0 Å². The number of carbonyl (C=O) groups excluding carboxylic acids is 1. The lowest BCUT2D eigenvalue weighted by Gasteiger charge is -2.13. The van der Waals surface area contributed by atoms with Gasteiger partial charge >= 0.3 is 0 Å². The van der Waals surface area contributed by atoms with Gasteiger partial charge in [-0.1, -0.05) is 32.5 Å². The van der Waals surface area contributed by atoms with E-state index in [4.69, 9.17) is 9.47 Å². The summed E-state index contributed by atoms with van der Waals surface area (Å²) >= 11 is 1.24. The smallest absolute Gasteiger partial charge is 0.235 e. The van der Waals surface area contributed by atoms with Gasteiger partial charge in [0.2, 0.25) is 11.1 Å². The lowest BCUT2D eigenvalue weighted by Crippen LogP contribution is -2.16. The third-order valence-corrected chi connectivity index (χ3v) is 5.22. The maximum Gasteiger partial charge on any atom is 0.235 e. The minimum absolute atomic E-state index is 0.0899. The van der Waals surface area contributed by atoms with Crippen molar-refractivity contribution in [3.05, 3.63) is 30.0 Å². The fourth-order valence-electron chi connectivity index (χ4n) is 2.69. The van der Waals surface area contributed by atoms with Crippen LogP contribution < -0.4 is 14.8 Å². The molecule has 9 nitrogen and oxygen atoms in total. The third kappa shape index (κ3) is 4.93. The molecule has 30 heavy (non-hydrogen) atoms. The number of amides is 1. The van der Waals surface area contributed by atoms with Gasteiger partial charge in [0.25, 0.3) is 0 Å². The number of methoxy groups -OCH3 is 2. The number of aromatic nitrogens is 5. The molecule has 0 spiro atoms. The van der Waals surface area contributed by atoms with Crippen molar-refractivity contribution in [2.75, 3.05) is 25.3 Å². The van der Waals surface area contributed by atoms with Crippen LogP contribution in [0.15, 0.2) is 29.4 Å². The first kappa shape index (κ1) is 21.7. The van der Waals surface area contributed by atoms with E-state index < -0.39 is 0 Å². The van der Waals surface area contributed by atoms with E-state index in [0.29, 0.717) is 28.3 Å². The van der Waals surface area contributed by atoms with Crippen molar-refractivity contribution in [2.45, 2.75) is 31.3 Å². The molecule has 0 bridgehead atoms. The number of carbonyl (C=O) groups is 1. The van der Waals surface area contributed by atoms with Gasteiger partial charge in [0.1, 0.15) is 17.3 Å². The zero-order valence-corrected chi connectivity index (χ0v) is 18.8. The van der Waals surface area contributed by atoms with Crippen molar-refractivity contribution < 1.29 is 14.3 Å². The molecule has 0 atom stereocenters. The Balaban J connectivity index is 1.63. The normalized spacial score (nSPS) is 11.4. The molecule has 3 rings (SSSR count). The molecule has 10 heteroatoms. The van der Waals surface area contributed by atoms with E-state index in [2.05, 4.69) is 46.4 Å². The van der Waals surface area contributed by atoms with Crippen LogP contribution in [0.25, 0.3) is 11.4 Å². The van der Waals surface area contributed by atoms with Crippen LogP contribution in [-0.4, -0.2) is 50.8 Å². The molecular weight excluding hydrogens is 404 g/mol. The van der Waals surface area contributed by atoms with Gasteiger partial charge in [0.05, 0.1) is 31.2 Å². The molecule has 2 N–H and O–H groups in total. The van der Waals surface area contributed by atoms with Crippen molar-refractivity contribution in [1.82, 2.24) is 25.0 Å². The summed E-state index contributed by atoms with van der Waals surface area (Å²) < 4.78 is 12.3. The summed E-state index contributed by atoms with van der Waals surface area (Å²) in [5.74, 6) is 2.53. The number of thioether (sulfide) groups is 1. The first-order chi connectivity index (χ1) is 14.2. The number of anilines is 1. The molecular formula is C20H26N6O3S. The first-order valence-corrected chi connectivity index (χ1v) is 10.3. The van der Waals surface area contributed by atoms with E-state index in [0.717, 1.165) is 11.3 Å². The van der Waals surface area contributed by atoms with E-state index in [1.807, 2.05) is 25.2 Å². The van der Waals surface area contributed by atoms with E-state index in [-0.39, 0.29) is 17.1 Å². The molecule has 3 aromatic rings. The van der Waals surface area contributed by atoms with Crippen LogP contribution >= 0.6 is 11.8 Å². The first-order valence-electron chi connectivity index (χ1n) is 9.33. The molecule has 0 fully saturated rings. The Bertz CT molecular complexity index is 1040. The second kappa shape index (κ2) is 8.78. The van der Waals surface area contributed by atoms with Crippen molar-refractivity contribution in [2.24, 2.45) is 7.05 Å². The number of nitrogens with one attached hydrogen (secondary N) is 2. The van der Waals surface area contributed by atoms with E-state index >= 15 is 0 Å². The van der Waals surface area contributed by atoms with Crippen molar-refractivity contribution >= 4 is 23.5 Å². The number of nitrogens with zero attached hydrogens (tertiary/aromatic N) is 4. The van der Waals surface area contributed by atoms with Crippen LogP contribution in [0.4, 0.5) is 5.82 Å². The molecule has 2 aromatic heterocycles. The molecule has 0 unspecified atom stereocenters. The molecule has 1 aromatic carbocycles. The highest BCUT2D eigenvalue weighted by Gasteiger charge is 2.20. The van der Waals surface area contributed by atoms with Gasteiger partial charge in [-0.2, -0.15) is 5.10 Å². The van der Waals surface area contributed by atoms with Gasteiger partial charge in [-0.3, -0.25) is 14.6 Å². The number of aromatic amines is 1. The fourth-order valence-corrected chi connectivity index (χ4v) is 3.28. The van der Waals surface area contributed by atoms with Crippen molar-refractivity contribution in [3.63, 3.8) is 0 Å². The minimum Gasteiger partial charge on any atom is -0.497 e. The Labute approximate surface area is 179 Å². The molecule has 0 saturated carbocycles. The van der Waals surface area contributed by atoms with Crippen LogP contribution in [0.2, 0.25) is 0 Å². The monoisotopic (exact) mass is 430 g/mol. The predicted octanol–water partition coefficient (Wildman–Crippen LogP) is 3.25. The molecule has 0 saturated heterocycles. The van der Waals surface area contributed by atoms with Gasteiger partial charge in [-0.15, -0.1) is 5.10 Å². The Morgan fingerprint density at radius 2 is 2.00 bits per heavy atom. The molecule has 0 radical (unpaired) electrons. The zero-order chi connectivity index (χ0) is 21.9. The molecule has 2 heterocycles. The van der Waals surface area contributed by atoms with Crippen LogP contribution in [-0.2, 0) is 17.3 Å². The number of benzene rings is 1. The molecule has 1 amide bonds. The fraction of sp³-hybridized carbons (Fsp3) is 0.400. The van der Waals surface area contributed by atoms with Gasteiger partial charge in [-0.05, 0) is 12.1 Å². The maximum absolute atomic E-state index is 12.4. The summed E-state index contributed by atoms with van der Waals surface area (Å²) in [6.45, 7) is 6.24. The molecule has 160 valence electrons. The Hall–Kier alpha value is -3.01. The average molecular weight is 431 g/mol. The second-order valence-electron chi connectivity index (χ2n) is 7.66. The molecule has 0 aliphatic rings. The summed E-state index contributed by atoms with van der Waals surface area (Å²) in [6.07, 6.45) is 0. The van der Waals surface area contributed by atoms with Crippen LogP contribution in [0, 0.1) is 0 Å². The van der Waals surface area contributed by atoms with Crippen LogP contribution in [0.1, 0.15) is 26.5 Å². The summed E-state index contributed by atoms with van der Waals surface area (Å²) in [4.78, 5) is 16.8. The van der Waals surface area contributed by atoms with Crippen molar-refractivity contribution in [3.8, 4) is 22.9 Å². The van der Waals surface area contributed by atoms with E-state index in [1.165, 1.54) is 11.8 Å². The predicted molar refractivity (Wildman–Crippen MR) is 116 cm³/mol. The van der Waals surface area contributed by atoms with Crippen molar-refractivity contribution in [1.29, 1.82) is 0 Å². The van der Waals surface area contributed by atoms with Gasteiger partial charge in [-0.25, -0.2) is 4.98 Å². The standard InChI is InChI=1S/C20H26N6O3S/c1-20(2,3)15-10-16(26(4)25-15)21-17(27)11-30-19-22-18(23-24-19)13-8-7-12(28-5)9-14(13)29-6/h7-10H,11H2,1-6H3,(H,21,27)(H,22,23,24). The van der Waals surface area contributed by atoms with Gasteiger partial charge in [0.15, 0.2) is 5.82 Å². The summed E-state index contributed by atoms with van der Waals surface area (Å²) in [6, 6.07) is 7.33. The topological polar surface area (TPSA) is 107 Å². The van der Waals surface area contributed by atoms with Gasteiger partial charge < -0.3 is 14.8 Å². The Morgan fingerprint density at radius 3 is 2.63 bits per heavy atom. The second-order valence-corrected chi connectivity index (χ2v) is 8.60. The number of hydrogen-bond donors (Lipinski definition) is 2. The third-order valence-electron chi connectivity index (χ3n) is 4.38. The van der Waals surface area contributed by atoms with Gasteiger partial charge in [0, 0.05) is 24.6 Å². The number of rotatable bonds is 7. The highest BCUT2D eigenvalue weighted by Crippen LogP contribution is 2.32. The highest BCUT2D eigenvalue weighted by molar-refractivity contribution is 7.99. The summed E-state index contributed by atoms with van der Waals surface area (Å²) in [5, 5.41) is 14.9. The average Bonchev–Trinajstić information content (AvgIpc) is 3.32. The molecule has 0 aliphatic carbocycles. The lowest BCUT2D eigenvalue weighted by atomic mass is 9.92. The number of hydrogen-bond acceptors (Lipinski definition) is 7. The summed E-state index contributed by atoms with van der Waals surface area (Å²) in [7, 11) is 4.98. The summed E-state index contributed by atoms with van der Waals surface area (Å²) in [5.41, 5.74) is 1.58. The number of ether oxygens (including phenoxy) is 2. The minimum atomic E-state index is -0.156. The largest absolute Gasteiger partial charge is 0.497 e. The molecule has 0 aliphatic heterocycles. The van der Waals surface area contributed by atoms with Crippen LogP contribution in [0.5, 0.6) is 11.5 Å². The van der Waals surface area contributed by atoms with Crippen LogP contribution in [0.3, 0.4) is 0 Å². The Morgan fingerprint density at radius 1 is 1.23 bits per heavy atom. The number of aryl methyl sites for hydroxylation is 1. The zero-order valence-electron chi connectivity index (χ0n) is 17.9. The Kier molecular flexibility index (Phi) is 6.35.